The van der Waals surface area contributed by atoms with Crippen LogP contribution in [-0.4, -0.2) is 123 Å². The number of hydrogen-bond donors (Lipinski definition) is 9. The van der Waals surface area contributed by atoms with E-state index in [9.17, 15) is 57.9 Å². The molecule has 2 aromatic heterocycles. The van der Waals surface area contributed by atoms with Gasteiger partial charge < -0.3 is 50.9 Å². The minimum atomic E-state index is -5.57. The van der Waals surface area contributed by atoms with E-state index in [-0.39, 0.29) is 41.6 Å². The molecule has 1 saturated heterocycles. The minimum Gasteiger partial charge on any atom is -0.386 e. The number of nitrogens with one attached hydrogen (secondary N) is 2. The largest absolute Gasteiger partial charge is 0.481 e. The highest BCUT2D eigenvalue weighted by atomic mass is 32.2. The zero-order valence-corrected chi connectivity index (χ0v) is 32.7. The highest BCUT2D eigenvalue weighted by Crippen LogP contribution is 2.61. The van der Waals surface area contributed by atoms with Crippen LogP contribution in [-0.2, 0) is 50.7 Å². The molecule has 3 rings (SSSR count). The normalized spacial score (nSPS) is 21.9. The third kappa shape index (κ3) is 13.8. The van der Waals surface area contributed by atoms with Crippen LogP contribution in [0.3, 0.4) is 0 Å². The van der Waals surface area contributed by atoms with E-state index in [1.165, 1.54) is 19.9 Å². The van der Waals surface area contributed by atoms with E-state index in [1.807, 2.05) is 0 Å². The molecule has 1 fully saturated rings. The summed E-state index contributed by atoms with van der Waals surface area (Å²) < 4.78 is 62.0. The second-order valence-corrected chi connectivity index (χ2v) is 17.8. The second kappa shape index (κ2) is 19.0. The first-order valence-corrected chi connectivity index (χ1v) is 21.1. The molecule has 2 unspecified atom stereocenters. The Morgan fingerprint density at radius 1 is 1.07 bits per heavy atom. The molecule has 0 radical (unpaired) electrons. The number of rotatable bonds is 20. The Balaban J connectivity index is 1.51. The van der Waals surface area contributed by atoms with Crippen molar-refractivity contribution in [2.75, 3.05) is 37.8 Å². The molecule has 54 heavy (non-hydrogen) atoms. The molecule has 0 aromatic carbocycles. The number of imidazole rings is 1. The molecule has 0 aliphatic carbocycles. The Hall–Kier alpha value is -2.70. The van der Waals surface area contributed by atoms with Crippen molar-refractivity contribution < 1.29 is 80.5 Å². The van der Waals surface area contributed by atoms with Crippen molar-refractivity contribution in [1.82, 2.24) is 30.2 Å². The third-order valence-corrected chi connectivity index (χ3v) is 11.1. The first-order valence-electron chi connectivity index (χ1n) is 15.6. The van der Waals surface area contributed by atoms with Crippen LogP contribution in [0.25, 0.3) is 11.2 Å². The summed E-state index contributed by atoms with van der Waals surface area (Å²) in [5.74, 6) is -1.13. The standard InChI is InChI=1S/C26H42N7O17P3S/c1-14(2)9-17(35)54-8-7-28-16(34)5-6-29-24(38)21(37)26(3,4)11-47-53(44,45)50-52(42,43)46-10-15-20(49-51(39,40)41)19(36)25(48-15)33-13-32-18-22(27)30-12-31-23(18)33/h9,12-13,15,19-21,25,36-37H,5-8,10-11H2,1-4H3,(H,28,34)(H,29,38)(H,42,43)(H,44,45)(H2,27,30,31)(H2,39,40,41)/t15-,19-,20+,21-,25-/m0/s1. The number of fused-ring (bicyclic) bond motifs is 1. The lowest BCUT2D eigenvalue weighted by atomic mass is 9.87. The zero-order chi connectivity index (χ0) is 40.6. The lowest BCUT2D eigenvalue weighted by Crippen LogP contribution is -2.46. The van der Waals surface area contributed by atoms with E-state index in [0.717, 1.165) is 34.6 Å². The number of nitrogens with zero attached hydrogens (tertiary/aromatic N) is 4. The molecule has 28 heteroatoms. The topological polar surface area (TPSA) is 364 Å². The predicted molar refractivity (Wildman–Crippen MR) is 187 cm³/mol. The Bertz CT molecular complexity index is 1840. The Morgan fingerprint density at radius 2 is 1.74 bits per heavy atom. The van der Waals surface area contributed by atoms with E-state index in [4.69, 9.17) is 19.5 Å². The van der Waals surface area contributed by atoms with Gasteiger partial charge in [-0.3, -0.25) is 32.5 Å². The van der Waals surface area contributed by atoms with Gasteiger partial charge in [0, 0.05) is 30.7 Å². The van der Waals surface area contributed by atoms with E-state index in [0.29, 0.717) is 5.75 Å². The van der Waals surface area contributed by atoms with E-state index < -0.39 is 84.6 Å². The molecular formula is C26H42N7O17P3S. The number of phosphoric acid groups is 3. The fourth-order valence-corrected chi connectivity index (χ4v) is 8.11. The number of allylic oxidation sites excluding steroid dienone is 1. The van der Waals surface area contributed by atoms with Gasteiger partial charge in [0.1, 0.15) is 36.3 Å². The molecule has 0 saturated carbocycles. The Morgan fingerprint density at radius 3 is 2.39 bits per heavy atom. The van der Waals surface area contributed by atoms with E-state index >= 15 is 0 Å². The summed E-state index contributed by atoms with van der Waals surface area (Å²) in [4.78, 5) is 87.0. The molecule has 24 nitrogen and oxygen atoms in total. The van der Waals surface area contributed by atoms with Gasteiger partial charge in [0.15, 0.2) is 17.7 Å². The van der Waals surface area contributed by atoms with Crippen LogP contribution in [0.1, 0.15) is 40.3 Å². The molecule has 7 atom stereocenters. The number of carbonyl (C=O) groups excluding carboxylic acids is 3. The maximum Gasteiger partial charge on any atom is 0.481 e. The van der Waals surface area contributed by atoms with Crippen molar-refractivity contribution in [1.29, 1.82) is 0 Å². The van der Waals surface area contributed by atoms with Gasteiger partial charge in [0.25, 0.3) is 0 Å². The van der Waals surface area contributed by atoms with Crippen LogP contribution in [0.15, 0.2) is 24.3 Å². The van der Waals surface area contributed by atoms with Crippen LogP contribution in [0, 0.1) is 5.41 Å². The number of aliphatic hydroxyl groups excluding tert-OH is 2. The van der Waals surface area contributed by atoms with Crippen molar-refractivity contribution in [3.63, 3.8) is 0 Å². The minimum absolute atomic E-state index is 0.0301. The van der Waals surface area contributed by atoms with Gasteiger partial charge in [-0.15, -0.1) is 0 Å². The van der Waals surface area contributed by atoms with Crippen molar-refractivity contribution in [2.45, 2.75) is 64.8 Å². The van der Waals surface area contributed by atoms with Crippen molar-refractivity contribution >= 4 is 69.1 Å². The Labute approximate surface area is 311 Å². The van der Waals surface area contributed by atoms with Gasteiger partial charge in [-0.05, 0) is 19.9 Å². The summed E-state index contributed by atoms with van der Waals surface area (Å²) >= 11 is 1.02. The second-order valence-electron chi connectivity index (χ2n) is 12.5. The lowest BCUT2D eigenvalue weighted by Gasteiger charge is -2.30. The molecule has 2 aromatic rings. The highest BCUT2D eigenvalue weighted by Gasteiger charge is 2.50. The summed E-state index contributed by atoms with van der Waals surface area (Å²) in [6.45, 7) is 4.03. The maximum absolute atomic E-state index is 12.6. The van der Waals surface area contributed by atoms with E-state index in [2.05, 4.69) is 34.4 Å². The molecule has 1 aliphatic rings. The number of nitrogens with two attached hydrogens (primary N) is 1. The van der Waals surface area contributed by atoms with Gasteiger partial charge in [0.05, 0.1) is 19.5 Å². The molecule has 10 N–H and O–H groups in total. The average Bonchev–Trinajstić information content (AvgIpc) is 3.60. The van der Waals surface area contributed by atoms with Crippen LogP contribution >= 0.6 is 35.2 Å². The fourth-order valence-electron chi connectivity index (χ4n) is 4.56. The summed E-state index contributed by atoms with van der Waals surface area (Å²) in [5.41, 5.74) is 5.10. The van der Waals surface area contributed by atoms with Crippen LogP contribution in [0.5, 0.6) is 0 Å². The van der Waals surface area contributed by atoms with Crippen LogP contribution in [0.2, 0.25) is 0 Å². The van der Waals surface area contributed by atoms with Crippen molar-refractivity contribution in [3.8, 4) is 0 Å². The predicted octanol–water partition coefficient (Wildman–Crippen LogP) is -0.369. The highest BCUT2D eigenvalue weighted by molar-refractivity contribution is 8.14. The number of phosphoric ester groups is 3. The number of aromatic nitrogens is 4. The third-order valence-electron chi connectivity index (χ3n) is 7.15. The number of aliphatic hydroxyl groups is 2. The summed E-state index contributed by atoms with van der Waals surface area (Å²) in [6, 6.07) is 0. The molecule has 1 aliphatic heterocycles. The molecular weight excluding hydrogens is 807 g/mol. The number of nitrogen functional groups attached to an aromatic ring is 1. The van der Waals surface area contributed by atoms with Crippen LogP contribution in [0.4, 0.5) is 5.82 Å². The smallest absolute Gasteiger partial charge is 0.386 e. The molecule has 3 heterocycles. The number of thioether (sulfide) groups is 1. The van der Waals surface area contributed by atoms with Gasteiger partial charge in [-0.1, -0.05) is 31.2 Å². The van der Waals surface area contributed by atoms with Gasteiger partial charge in [-0.25, -0.2) is 28.6 Å². The zero-order valence-electron chi connectivity index (χ0n) is 29.2. The molecule has 2 amide bonds. The quantitative estimate of drug-likeness (QED) is 0.0466. The summed E-state index contributed by atoms with van der Waals surface area (Å²) in [7, 11) is -16.4. The number of hydrogen-bond acceptors (Lipinski definition) is 18. The first kappa shape index (κ1) is 45.7. The van der Waals surface area contributed by atoms with Crippen molar-refractivity contribution in [2.24, 2.45) is 5.41 Å². The monoisotopic (exact) mass is 849 g/mol. The molecule has 0 spiro atoms. The summed E-state index contributed by atoms with van der Waals surface area (Å²) in [5, 5.41) is 26.1. The summed E-state index contributed by atoms with van der Waals surface area (Å²) in [6.07, 6.45) is -5.45. The Kier molecular flexibility index (Phi) is 16.0. The number of amides is 2. The SMILES string of the molecule is CC(C)=CC(=O)SCCNC(=O)CCNC(=O)[C@H](O)C(C)(C)COP(=O)(O)OP(=O)(O)OC[C@@H]1O[C@H](n2cnc3c(N)ncnc32)[C@@H](O)[C@@H]1OP(=O)(O)O. The van der Waals surface area contributed by atoms with E-state index in [1.54, 1.807) is 13.8 Å². The fraction of sp³-hybridized carbons (Fsp3) is 0.615. The average molecular weight is 850 g/mol. The molecule has 304 valence electrons. The van der Waals surface area contributed by atoms with Gasteiger partial charge in [0.2, 0.25) is 16.9 Å². The van der Waals surface area contributed by atoms with Gasteiger partial charge in [-0.2, -0.15) is 4.31 Å². The number of anilines is 1. The van der Waals surface area contributed by atoms with Gasteiger partial charge >= 0.3 is 23.5 Å². The lowest BCUT2D eigenvalue weighted by molar-refractivity contribution is -0.137. The number of carbonyl (C=O) groups is 3. The van der Waals surface area contributed by atoms with Crippen molar-refractivity contribution in [3.05, 3.63) is 24.3 Å². The van der Waals surface area contributed by atoms with Crippen LogP contribution < -0.4 is 16.4 Å². The molecule has 0 bridgehead atoms. The first-order chi connectivity index (χ1) is 24.9. The maximum atomic E-state index is 12.6. The number of ether oxygens (including phenoxy) is 1.